The Labute approximate surface area is 122 Å². The zero-order valence-corrected chi connectivity index (χ0v) is 12.3. The van der Waals surface area contributed by atoms with Crippen LogP contribution in [0.15, 0.2) is 36.9 Å². The number of hydrogen-bond donors (Lipinski definition) is 1. The number of benzene rings is 1. The van der Waals surface area contributed by atoms with Crippen molar-refractivity contribution in [3.8, 4) is 5.75 Å². The van der Waals surface area contributed by atoms with Crippen LogP contribution in [0.1, 0.15) is 12.5 Å². The quantitative estimate of drug-likeness (QED) is 0.840. The fraction of sp³-hybridized carbons (Fsp3) is 0.467. The molecule has 0 amide bonds. The average Bonchev–Trinajstić information content (AvgIpc) is 2.38. The number of hydrogen-bond acceptors (Lipinski definition) is 3. The van der Waals surface area contributed by atoms with Crippen LogP contribution in [0.4, 0.5) is 0 Å². The molecule has 0 aliphatic carbocycles. The van der Waals surface area contributed by atoms with Crippen LogP contribution in [0.2, 0.25) is 0 Å². The van der Waals surface area contributed by atoms with E-state index in [2.05, 4.69) is 35.9 Å². The van der Waals surface area contributed by atoms with E-state index in [1.165, 1.54) is 5.56 Å². The van der Waals surface area contributed by atoms with E-state index in [0.717, 1.165) is 31.9 Å². The molecule has 19 heavy (non-hydrogen) atoms. The lowest BCUT2D eigenvalue weighted by Gasteiger charge is -2.32. The van der Waals surface area contributed by atoms with E-state index in [-0.39, 0.29) is 12.4 Å². The monoisotopic (exact) mass is 282 g/mol. The van der Waals surface area contributed by atoms with Crippen molar-refractivity contribution in [2.45, 2.75) is 19.5 Å². The van der Waals surface area contributed by atoms with E-state index in [4.69, 9.17) is 4.74 Å². The van der Waals surface area contributed by atoms with Crippen LogP contribution in [-0.2, 0) is 6.54 Å². The predicted molar refractivity (Wildman–Crippen MR) is 82.1 cm³/mol. The maximum atomic E-state index is 5.69. The molecule has 106 valence electrons. The largest absolute Gasteiger partial charge is 0.489 e. The van der Waals surface area contributed by atoms with Gasteiger partial charge in [0.15, 0.2) is 0 Å². The highest BCUT2D eigenvalue weighted by atomic mass is 35.5. The van der Waals surface area contributed by atoms with E-state index in [0.29, 0.717) is 12.6 Å². The molecule has 1 atom stereocenters. The Morgan fingerprint density at radius 1 is 1.47 bits per heavy atom. The molecule has 1 aliphatic rings. The molecule has 0 saturated carbocycles. The van der Waals surface area contributed by atoms with Crippen molar-refractivity contribution < 1.29 is 4.74 Å². The minimum absolute atomic E-state index is 0. The van der Waals surface area contributed by atoms with Crippen molar-refractivity contribution in [3.63, 3.8) is 0 Å². The molecule has 1 saturated heterocycles. The van der Waals surface area contributed by atoms with Crippen molar-refractivity contribution in [2.75, 3.05) is 26.2 Å². The second-order valence-corrected chi connectivity index (χ2v) is 4.80. The first-order valence-electron chi connectivity index (χ1n) is 6.57. The van der Waals surface area contributed by atoms with Crippen LogP contribution in [-0.4, -0.2) is 37.2 Å². The molecule has 2 rings (SSSR count). The lowest BCUT2D eigenvalue weighted by molar-refractivity contribution is 0.197. The molecule has 0 aromatic heterocycles. The summed E-state index contributed by atoms with van der Waals surface area (Å²) < 4.78 is 5.69. The highest BCUT2D eigenvalue weighted by Gasteiger charge is 2.16. The molecule has 4 heteroatoms. The molecule has 1 fully saturated rings. The van der Waals surface area contributed by atoms with Gasteiger partial charge in [0.25, 0.3) is 0 Å². The van der Waals surface area contributed by atoms with Crippen LogP contribution in [0, 0.1) is 0 Å². The summed E-state index contributed by atoms with van der Waals surface area (Å²) in [5.41, 5.74) is 1.26. The summed E-state index contributed by atoms with van der Waals surface area (Å²) in [7, 11) is 0. The van der Waals surface area contributed by atoms with Gasteiger partial charge >= 0.3 is 0 Å². The fourth-order valence-corrected chi connectivity index (χ4v) is 2.32. The third kappa shape index (κ3) is 4.86. The maximum absolute atomic E-state index is 5.69. The Bertz CT molecular complexity index is 397. The number of ether oxygens (including phenoxy) is 1. The van der Waals surface area contributed by atoms with Crippen LogP contribution < -0.4 is 10.1 Å². The lowest BCUT2D eigenvalue weighted by Crippen LogP contribution is -2.48. The van der Waals surface area contributed by atoms with Crippen LogP contribution in [0.25, 0.3) is 0 Å². The average molecular weight is 283 g/mol. The van der Waals surface area contributed by atoms with E-state index in [1.807, 2.05) is 12.1 Å². The van der Waals surface area contributed by atoms with Crippen molar-refractivity contribution in [1.82, 2.24) is 10.2 Å². The first kappa shape index (κ1) is 16.0. The number of piperazine rings is 1. The molecule has 1 N–H and O–H groups in total. The topological polar surface area (TPSA) is 24.5 Å². The first-order valence-corrected chi connectivity index (χ1v) is 6.57. The third-order valence-corrected chi connectivity index (χ3v) is 3.18. The normalized spacial score (nSPS) is 19.5. The molecule has 0 bridgehead atoms. The molecule has 0 radical (unpaired) electrons. The summed E-state index contributed by atoms with van der Waals surface area (Å²) in [5, 5.41) is 3.46. The SMILES string of the molecule is C=CCOc1ccccc1CN1CCN[C@@H](C)C1.Cl. The van der Waals surface area contributed by atoms with E-state index in [9.17, 15) is 0 Å². The van der Waals surface area contributed by atoms with Gasteiger partial charge in [0, 0.05) is 37.8 Å². The number of para-hydroxylation sites is 1. The Balaban J connectivity index is 0.00000180. The molecule has 1 heterocycles. The van der Waals surface area contributed by atoms with Gasteiger partial charge in [-0.05, 0) is 13.0 Å². The van der Waals surface area contributed by atoms with Crippen LogP contribution >= 0.6 is 12.4 Å². The van der Waals surface area contributed by atoms with Gasteiger partial charge in [-0.2, -0.15) is 0 Å². The molecular formula is C15H23ClN2O. The number of nitrogens with one attached hydrogen (secondary N) is 1. The molecule has 0 spiro atoms. The van der Waals surface area contributed by atoms with Crippen molar-refractivity contribution in [1.29, 1.82) is 0 Å². The first-order chi connectivity index (χ1) is 8.79. The standard InChI is InChI=1S/C15H22N2O.ClH/c1-3-10-18-15-7-5-4-6-14(15)12-17-9-8-16-13(2)11-17;/h3-7,13,16H,1,8-12H2,2H3;1H/t13-;/m0./s1. The minimum Gasteiger partial charge on any atom is -0.489 e. The fourth-order valence-electron chi connectivity index (χ4n) is 2.32. The smallest absolute Gasteiger partial charge is 0.124 e. The van der Waals surface area contributed by atoms with Gasteiger partial charge in [0.1, 0.15) is 12.4 Å². The van der Waals surface area contributed by atoms with Gasteiger partial charge in [0.05, 0.1) is 0 Å². The Hall–Kier alpha value is -1.03. The maximum Gasteiger partial charge on any atom is 0.124 e. The summed E-state index contributed by atoms with van der Waals surface area (Å²) in [6, 6.07) is 8.83. The molecule has 1 aromatic carbocycles. The number of halogens is 1. The Morgan fingerprint density at radius 2 is 2.26 bits per heavy atom. The molecule has 1 aromatic rings. The predicted octanol–water partition coefficient (Wildman–Crippen LogP) is 2.47. The zero-order chi connectivity index (χ0) is 12.8. The van der Waals surface area contributed by atoms with Gasteiger partial charge in [0.2, 0.25) is 0 Å². The van der Waals surface area contributed by atoms with Crippen molar-refractivity contribution in [2.24, 2.45) is 0 Å². The number of rotatable bonds is 5. The van der Waals surface area contributed by atoms with E-state index < -0.39 is 0 Å². The van der Waals surface area contributed by atoms with Gasteiger partial charge in [-0.25, -0.2) is 0 Å². The Kier molecular flexibility index (Phi) is 6.92. The van der Waals surface area contributed by atoms with Crippen molar-refractivity contribution in [3.05, 3.63) is 42.5 Å². The lowest BCUT2D eigenvalue weighted by atomic mass is 10.1. The Morgan fingerprint density at radius 3 is 3.00 bits per heavy atom. The summed E-state index contributed by atoms with van der Waals surface area (Å²) in [5.74, 6) is 0.976. The second-order valence-electron chi connectivity index (χ2n) is 4.80. The minimum atomic E-state index is 0. The van der Waals surface area contributed by atoms with Crippen LogP contribution in [0.5, 0.6) is 5.75 Å². The summed E-state index contributed by atoms with van der Waals surface area (Å²) in [4.78, 5) is 2.47. The summed E-state index contributed by atoms with van der Waals surface area (Å²) >= 11 is 0. The van der Waals surface area contributed by atoms with E-state index >= 15 is 0 Å². The highest BCUT2D eigenvalue weighted by Crippen LogP contribution is 2.20. The second kappa shape index (κ2) is 8.20. The highest BCUT2D eigenvalue weighted by molar-refractivity contribution is 5.85. The molecular weight excluding hydrogens is 260 g/mol. The van der Waals surface area contributed by atoms with Gasteiger partial charge < -0.3 is 10.1 Å². The van der Waals surface area contributed by atoms with Gasteiger partial charge in [-0.15, -0.1) is 12.4 Å². The zero-order valence-electron chi connectivity index (χ0n) is 11.5. The number of nitrogens with zero attached hydrogens (tertiary/aromatic N) is 1. The van der Waals surface area contributed by atoms with Crippen LogP contribution in [0.3, 0.4) is 0 Å². The van der Waals surface area contributed by atoms with Gasteiger partial charge in [-0.1, -0.05) is 30.9 Å². The van der Waals surface area contributed by atoms with E-state index in [1.54, 1.807) is 6.08 Å². The van der Waals surface area contributed by atoms with Crippen molar-refractivity contribution >= 4 is 12.4 Å². The third-order valence-electron chi connectivity index (χ3n) is 3.18. The molecule has 0 unspecified atom stereocenters. The van der Waals surface area contributed by atoms with Gasteiger partial charge in [-0.3, -0.25) is 4.90 Å². The molecule has 1 aliphatic heterocycles. The summed E-state index contributed by atoms with van der Waals surface area (Å²) in [6.45, 7) is 10.7. The molecule has 3 nitrogen and oxygen atoms in total. The summed E-state index contributed by atoms with van der Waals surface area (Å²) in [6.07, 6.45) is 1.78.